The third-order valence-electron chi connectivity index (χ3n) is 7.92. The minimum absolute atomic E-state index is 0.119. The van der Waals surface area contributed by atoms with Gasteiger partial charge in [0.25, 0.3) is 12.3 Å². The number of rotatable bonds is 10. The number of nitrogens with zero attached hydrogens (tertiary/aromatic N) is 3. The van der Waals surface area contributed by atoms with Gasteiger partial charge < -0.3 is 19.9 Å². The second-order valence-corrected chi connectivity index (χ2v) is 13.1. The van der Waals surface area contributed by atoms with Crippen LogP contribution in [0.4, 0.5) is 22.0 Å². The van der Waals surface area contributed by atoms with Crippen molar-refractivity contribution in [3.05, 3.63) is 50.8 Å². The normalized spacial score (nSPS) is 17.4. The highest BCUT2D eigenvalue weighted by atomic mass is 35.5. The molecule has 3 aromatic rings. The summed E-state index contributed by atoms with van der Waals surface area (Å²) in [4.78, 5) is 34.8. The summed E-state index contributed by atoms with van der Waals surface area (Å²) >= 11 is 13.3. The highest BCUT2D eigenvalue weighted by Gasteiger charge is 2.41. The van der Waals surface area contributed by atoms with Gasteiger partial charge in [0.05, 0.1) is 10.9 Å². The zero-order valence-corrected chi connectivity index (χ0v) is 27.3. The molecule has 2 N–H and O–H groups in total. The Morgan fingerprint density at radius 1 is 1.09 bits per heavy atom. The van der Waals surface area contributed by atoms with Crippen molar-refractivity contribution in [3.63, 3.8) is 0 Å². The molecule has 0 atom stereocenters. The predicted molar refractivity (Wildman–Crippen MR) is 165 cm³/mol. The molecule has 2 aromatic heterocycles. The van der Waals surface area contributed by atoms with Gasteiger partial charge in [-0.05, 0) is 55.9 Å². The molecule has 46 heavy (non-hydrogen) atoms. The Kier molecular flexibility index (Phi) is 11.1. The Balaban J connectivity index is 1.64. The molecule has 0 saturated heterocycles. The maximum atomic E-state index is 13.3. The lowest BCUT2D eigenvalue weighted by molar-refractivity contribution is -0.182. The van der Waals surface area contributed by atoms with Crippen LogP contribution in [0.25, 0.3) is 11.2 Å². The number of pyridine rings is 1. The van der Waals surface area contributed by atoms with Crippen LogP contribution in [-0.2, 0) is 24.3 Å². The minimum Gasteiger partial charge on any atom is -0.471 e. The first kappa shape index (κ1) is 35.7. The summed E-state index contributed by atoms with van der Waals surface area (Å²) in [5, 5.41) is 6.27. The molecule has 1 aliphatic rings. The van der Waals surface area contributed by atoms with Crippen LogP contribution in [0, 0.1) is 11.3 Å². The van der Waals surface area contributed by atoms with Gasteiger partial charge >= 0.3 is 6.18 Å². The number of carbonyl (C=O) groups excluding carboxylic acids is 2. The summed E-state index contributed by atoms with van der Waals surface area (Å²) in [6.07, 6.45) is -7.02. The topological polar surface area (TPSA) is 98.1 Å². The van der Waals surface area contributed by atoms with E-state index in [0.717, 1.165) is 0 Å². The van der Waals surface area contributed by atoms with Gasteiger partial charge in [0.1, 0.15) is 16.9 Å². The van der Waals surface area contributed by atoms with Gasteiger partial charge in [0, 0.05) is 36.0 Å². The van der Waals surface area contributed by atoms with Crippen molar-refractivity contribution in [2.24, 2.45) is 11.3 Å². The predicted octanol–water partition coefficient (Wildman–Crippen LogP) is 7.51. The van der Waals surface area contributed by atoms with E-state index in [1.54, 1.807) is 37.5 Å². The van der Waals surface area contributed by atoms with Gasteiger partial charge in [0.15, 0.2) is 12.3 Å². The number of nitrogens with one attached hydrogen (secondary N) is 2. The zero-order chi connectivity index (χ0) is 34.0. The van der Waals surface area contributed by atoms with Gasteiger partial charge in [0.2, 0.25) is 11.8 Å². The van der Waals surface area contributed by atoms with Crippen LogP contribution in [0.15, 0.2) is 18.2 Å². The average Bonchev–Trinajstić information content (AvgIpc) is 3.32. The Hall–Kier alpha value is -3.19. The SMILES string of the molecule is CCn1c(Cc2c(Cl)ccc(CNC(=O)C(C)(C)C)c2Cl)nc2cc(C(=O)NC3CCC(C(F)(F)F)CC3)c(OCC(F)F)nc21. The molecule has 0 radical (unpaired) electrons. The minimum atomic E-state index is -4.30. The van der Waals surface area contributed by atoms with Crippen molar-refractivity contribution in [1.82, 2.24) is 25.2 Å². The largest absolute Gasteiger partial charge is 0.471 e. The summed E-state index contributed by atoms with van der Waals surface area (Å²) in [5.74, 6) is -2.17. The lowest BCUT2D eigenvalue weighted by Gasteiger charge is -2.30. The number of aromatic nitrogens is 3. The number of amides is 2. The van der Waals surface area contributed by atoms with Crippen LogP contribution in [0.1, 0.15) is 80.7 Å². The Labute approximate surface area is 273 Å². The van der Waals surface area contributed by atoms with Crippen LogP contribution in [-0.4, -0.2) is 51.6 Å². The van der Waals surface area contributed by atoms with Crippen molar-refractivity contribution in [1.29, 1.82) is 0 Å². The number of alkyl halides is 5. The van der Waals surface area contributed by atoms with E-state index < -0.39 is 42.5 Å². The van der Waals surface area contributed by atoms with Gasteiger partial charge in [-0.15, -0.1) is 0 Å². The third-order valence-corrected chi connectivity index (χ3v) is 8.74. The molecule has 1 fully saturated rings. The third kappa shape index (κ3) is 8.39. The second kappa shape index (κ2) is 14.3. The number of aryl methyl sites for hydroxylation is 1. The number of benzene rings is 1. The fraction of sp³-hybridized carbons (Fsp3) is 0.548. The van der Waals surface area contributed by atoms with E-state index in [-0.39, 0.29) is 67.2 Å². The summed E-state index contributed by atoms with van der Waals surface area (Å²) < 4.78 is 72.5. The molecule has 15 heteroatoms. The molecule has 1 aromatic carbocycles. The Morgan fingerprint density at radius 2 is 1.76 bits per heavy atom. The maximum absolute atomic E-state index is 13.3. The first-order chi connectivity index (χ1) is 21.5. The van der Waals surface area contributed by atoms with E-state index >= 15 is 0 Å². The van der Waals surface area contributed by atoms with Gasteiger partial charge in [-0.2, -0.15) is 18.2 Å². The molecule has 4 rings (SSSR count). The maximum Gasteiger partial charge on any atom is 0.391 e. The molecule has 2 amide bonds. The number of hydrogen-bond acceptors (Lipinski definition) is 5. The van der Waals surface area contributed by atoms with Crippen LogP contribution in [0.3, 0.4) is 0 Å². The van der Waals surface area contributed by atoms with Crippen LogP contribution < -0.4 is 15.4 Å². The van der Waals surface area contributed by atoms with E-state index in [2.05, 4.69) is 20.6 Å². The lowest BCUT2D eigenvalue weighted by Crippen LogP contribution is -2.40. The van der Waals surface area contributed by atoms with Gasteiger partial charge in [-0.3, -0.25) is 9.59 Å². The van der Waals surface area contributed by atoms with Crippen molar-refractivity contribution in [3.8, 4) is 5.88 Å². The highest BCUT2D eigenvalue weighted by molar-refractivity contribution is 6.36. The molecular formula is C31H36Cl2F5N5O3. The fourth-order valence-corrected chi connectivity index (χ4v) is 5.90. The highest BCUT2D eigenvalue weighted by Crippen LogP contribution is 2.38. The first-order valence-electron chi connectivity index (χ1n) is 14.9. The van der Waals surface area contributed by atoms with Crippen molar-refractivity contribution < 1.29 is 36.3 Å². The van der Waals surface area contributed by atoms with Gasteiger partial charge in [-0.1, -0.05) is 50.0 Å². The molecule has 1 saturated carbocycles. The number of ether oxygens (including phenoxy) is 1. The monoisotopic (exact) mass is 691 g/mol. The van der Waals surface area contributed by atoms with Crippen LogP contribution >= 0.6 is 23.2 Å². The number of carbonyl (C=O) groups is 2. The molecule has 0 aliphatic heterocycles. The van der Waals surface area contributed by atoms with E-state index in [0.29, 0.717) is 33.5 Å². The average molecular weight is 693 g/mol. The van der Waals surface area contributed by atoms with E-state index in [1.165, 1.54) is 6.07 Å². The Morgan fingerprint density at radius 3 is 2.35 bits per heavy atom. The number of imidazole rings is 1. The quantitative estimate of drug-likeness (QED) is 0.215. The fourth-order valence-electron chi connectivity index (χ4n) is 5.33. The van der Waals surface area contributed by atoms with E-state index in [1.807, 2.05) is 6.92 Å². The van der Waals surface area contributed by atoms with Crippen molar-refractivity contribution >= 4 is 46.2 Å². The molecule has 8 nitrogen and oxygen atoms in total. The summed E-state index contributed by atoms with van der Waals surface area (Å²) in [6, 6.07) is 4.23. The van der Waals surface area contributed by atoms with E-state index in [9.17, 15) is 31.5 Å². The van der Waals surface area contributed by atoms with Crippen molar-refractivity contribution in [2.75, 3.05) is 6.61 Å². The molecule has 0 bridgehead atoms. The smallest absolute Gasteiger partial charge is 0.391 e. The summed E-state index contributed by atoms with van der Waals surface area (Å²) in [6.45, 7) is 6.72. The molecular weight excluding hydrogens is 656 g/mol. The van der Waals surface area contributed by atoms with Crippen molar-refractivity contribution in [2.45, 2.75) is 91.5 Å². The molecule has 0 unspecified atom stereocenters. The number of fused-ring (bicyclic) bond motifs is 1. The van der Waals surface area contributed by atoms with E-state index in [4.69, 9.17) is 27.9 Å². The molecule has 2 heterocycles. The second-order valence-electron chi connectivity index (χ2n) is 12.3. The number of halogens is 7. The summed E-state index contributed by atoms with van der Waals surface area (Å²) in [7, 11) is 0. The first-order valence-corrected chi connectivity index (χ1v) is 15.7. The van der Waals surface area contributed by atoms with Crippen LogP contribution in [0.2, 0.25) is 10.0 Å². The summed E-state index contributed by atoms with van der Waals surface area (Å²) in [5.41, 5.74) is 0.962. The van der Waals surface area contributed by atoms with Crippen LogP contribution in [0.5, 0.6) is 5.88 Å². The molecule has 1 aliphatic carbocycles. The standard InChI is InChI=1S/C31H36Cl2F5N5O3/c1-5-43-24(13-19-21(32)11-6-16(25(19)33)14-39-29(45)30(2,3)4)41-22-12-20(28(42-26(22)43)46-15-23(34)35)27(44)40-18-9-7-17(8-10-18)31(36,37)38/h6,11-12,17-18,23H,5,7-10,13-15H2,1-4H3,(H,39,45)(H,40,44). The van der Waals surface area contributed by atoms with Gasteiger partial charge in [-0.25, -0.2) is 13.8 Å². The molecule has 252 valence electrons. The number of hydrogen-bond donors (Lipinski definition) is 2. The lowest BCUT2D eigenvalue weighted by atomic mass is 9.85. The molecule has 0 spiro atoms. The Bertz CT molecular complexity index is 1580. The zero-order valence-electron chi connectivity index (χ0n) is 25.8.